The first-order valence-electron chi connectivity index (χ1n) is 5.76. The zero-order chi connectivity index (χ0) is 11.6. The van der Waals surface area contributed by atoms with Crippen LogP contribution in [-0.4, -0.2) is 12.5 Å². The molecule has 0 aromatic heterocycles. The number of amides is 1. The molecule has 0 saturated heterocycles. The molecule has 0 aromatic rings. The van der Waals surface area contributed by atoms with Gasteiger partial charge in [0.1, 0.15) is 0 Å². The van der Waals surface area contributed by atoms with Gasteiger partial charge >= 0.3 is 0 Å². The van der Waals surface area contributed by atoms with Gasteiger partial charge in [0.25, 0.3) is 0 Å². The van der Waals surface area contributed by atoms with Crippen LogP contribution in [0.25, 0.3) is 0 Å². The molecule has 86 valence electrons. The Hall–Kier alpha value is -0.530. The Balaban J connectivity index is 0. The van der Waals surface area contributed by atoms with Crippen LogP contribution in [-0.2, 0) is 4.79 Å². The monoisotopic (exact) mass is 201 g/mol. The molecule has 0 aliphatic carbocycles. The first-order valence-corrected chi connectivity index (χ1v) is 5.76. The highest BCUT2D eigenvalue weighted by atomic mass is 16.2. The summed E-state index contributed by atoms with van der Waals surface area (Å²) in [5, 5.41) is 2.92. The molecule has 14 heavy (non-hydrogen) atoms. The maximum absolute atomic E-state index is 11.3. The molecule has 0 unspecified atom stereocenters. The predicted octanol–water partition coefficient (Wildman–Crippen LogP) is 3.37. The fourth-order valence-electron chi connectivity index (χ4n) is 0.842. The SMILES string of the molecule is CC.CCCCCNC(=O)C(C)(C)C. The van der Waals surface area contributed by atoms with Crippen molar-refractivity contribution in [2.75, 3.05) is 6.54 Å². The topological polar surface area (TPSA) is 29.1 Å². The van der Waals surface area contributed by atoms with Gasteiger partial charge in [-0.3, -0.25) is 4.79 Å². The van der Waals surface area contributed by atoms with Gasteiger partial charge in [0, 0.05) is 12.0 Å². The molecule has 0 bridgehead atoms. The highest BCUT2D eigenvalue weighted by molar-refractivity contribution is 5.81. The minimum atomic E-state index is -0.244. The highest BCUT2D eigenvalue weighted by Gasteiger charge is 2.19. The lowest BCUT2D eigenvalue weighted by Gasteiger charge is -2.17. The molecule has 2 nitrogen and oxygen atoms in total. The Labute approximate surface area is 89.5 Å². The molecule has 0 aliphatic rings. The summed E-state index contributed by atoms with van der Waals surface area (Å²) >= 11 is 0. The van der Waals surface area contributed by atoms with E-state index >= 15 is 0 Å². The maximum atomic E-state index is 11.3. The van der Waals surface area contributed by atoms with Crippen molar-refractivity contribution in [2.24, 2.45) is 5.41 Å². The molecular formula is C12H27NO. The van der Waals surface area contributed by atoms with Crippen LogP contribution < -0.4 is 5.32 Å². The average Bonchev–Trinajstić information content (AvgIpc) is 2.14. The van der Waals surface area contributed by atoms with E-state index in [0.29, 0.717) is 0 Å². The van der Waals surface area contributed by atoms with Crippen LogP contribution in [0.3, 0.4) is 0 Å². The third kappa shape index (κ3) is 9.56. The van der Waals surface area contributed by atoms with Crippen LogP contribution in [0.5, 0.6) is 0 Å². The van der Waals surface area contributed by atoms with Gasteiger partial charge in [-0.25, -0.2) is 0 Å². The molecule has 0 rings (SSSR count). The van der Waals surface area contributed by atoms with Crippen molar-refractivity contribution in [3.63, 3.8) is 0 Å². The molecule has 0 spiro atoms. The molecule has 0 aromatic carbocycles. The second-order valence-corrected chi connectivity index (χ2v) is 4.21. The molecule has 1 N–H and O–H groups in total. The molecule has 0 fully saturated rings. The Bertz CT molecular complexity index is 136. The smallest absolute Gasteiger partial charge is 0.225 e. The van der Waals surface area contributed by atoms with Crippen molar-refractivity contribution in [3.8, 4) is 0 Å². The zero-order valence-corrected chi connectivity index (χ0v) is 10.7. The number of carbonyl (C=O) groups is 1. The lowest BCUT2D eigenvalue weighted by molar-refractivity contribution is -0.128. The minimum absolute atomic E-state index is 0.151. The van der Waals surface area contributed by atoms with Gasteiger partial charge in [0.05, 0.1) is 0 Å². The van der Waals surface area contributed by atoms with Crippen molar-refractivity contribution >= 4 is 5.91 Å². The lowest BCUT2D eigenvalue weighted by atomic mass is 9.96. The van der Waals surface area contributed by atoms with Crippen LogP contribution in [0.1, 0.15) is 60.8 Å². The van der Waals surface area contributed by atoms with Crippen LogP contribution in [0.15, 0.2) is 0 Å². The summed E-state index contributed by atoms with van der Waals surface area (Å²) in [7, 11) is 0. The number of hydrogen-bond donors (Lipinski definition) is 1. The molecule has 0 heterocycles. The third-order valence-corrected chi connectivity index (χ3v) is 1.75. The van der Waals surface area contributed by atoms with Crippen LogP contribution in [0.2, 0.25) is 0 Å². The zero-order valence-electron chi connectivity index (χ0n) is 10.7. The van der Waals surface area contributed by atoms with Gasteiger partial charge in [0.15, 0.2) is 0 Å². The van der Waals surface area contributed by atoms with Gasteiger partial charge in [-0.15, -0.1) is 0 Å². The molecule has 1 amide bonds. The lowest BCUT2D eigenvalue weighted by Crippen LogP contribution is -2.35. The highest BCUT2D eigenvalue weighted by Crippen LogP contribution is 2.12. The Morgan fingerprint density at radius 2 is 1.64 bits per heavy atom. The van der Waals surface area contributed by atoms with E-state index in [2.05, 4.69) is 12.2 Å². The Morgan fingerprint density at radius 1 is 1.14 bits per heavy atom. The van der Waals surface area contributed by atoms with Crippen LogP contribution in [0, 0.1) is 5.41 Å². The summed E-state index contributed by atoms with van der Waals surface area (Å²) < 4.78 is 0. The second kappa shape index (κ2) is 9.04. The largest absolute Gasteiger partial charge is 0.356 e. The summed E-state index contributed by atoms with van der Waals surface area (Å²) in [5.74, 6) is 0.151. The van der Waals surface area contributed by atoms with E-state index in [9.17, 15) is 4.79 Å². The number of rotatable bonds is 4. The summed E-state index contributed by atoms with van der Waals surface area (Å²) in [6, 6.07) is 0. The Morgan fingerprint density at radius 3 is 2.00 bits per heavy atom. The van der Waals surface area contributed by atoms with E-state index in [1.54, 1.807) is 0 Å². The van der Waals surface area contributed by atoms with E-state index in [4.69, 9.17) is 0 Å². The van der Waals surface area contributed by atoms with Crippen LogP contribution >= 0.6 is 0 Å². The van der Waals surface area contributed by atoms with Crippen molar-refractivity contribution in [3.05, 3.63) is 0 Å². The summed E-state index contributed by atoms with van der Waals surface area (Å²) in [4.78, 5) is 11.3. The van der Waals surface area contributed by atoms with E-state index in [-0.39, 0.29) is 11.3 Å². The van der Waals surface area contributed by atoms with Crippen molar-refractivity contribution < 1.29 is 4.79 Å². The van der Waals surface area contributed by atoms with Crippen molar-refractivity contribution in [1.29, 1.82) is 0 Å². The minimum Gasteiger partial charge on any atom is -0.356 e. The standard InChI is InChI=1S/C10H21NO.C2H6/c1-5-6-7-8-11-9(12)10(2,3)4;1-2/h5-8H2,1-4H3,(H,11,12);1-2H3. The molecule has 0 aliphatic heterocycles. The summed E-state index contributed by atoms with van der Waals surface area (Å²) in [6.45, 7) is 12.8. The summed E-state index contributed by atoms with van der Waals surface area (Å²) in [6.07, 6.45) is 3.49. The fraction of sp³-hybridized carbons (Fsp3) is 0.917. The number of carbonyl (C=O) groups excluding carboxylic acids is 1. The number of hydrogen-bond acceptors (Lipinski definition) is 1. The van der Waals surface area contributed by atoms with E-state index < -0.39 is 0 Å². The molecule has 0 radical (unpaired) electrons. The van der Waals surface area contributed by atoms with Gasteiger partial charge < -0.3 is 5.32 Å². The number of nitrogens with one attached hydrogen (secondary N) is 1. The number of unbranched alkanes of at least 4 members (excludes halogenated alkanes) is 2. The fourth-order valence-corrected chi connectivity index (χ4v) is 0.842. The summed E-state index contributed by atoms with van der Waals surface area (Å²) in [5.41, 5.74) is -0.244. The Kier molecular flexibility index (Phi) is 10.3. The van der Waals surface area contributed by atoms with Gasteiger partial charge in [0.2, 0.25) is 5.91 Å². The molecule has 0 saturated carbocycles. The van der Waals surface area contributed by atoms with Gasteiger partial charge in [-0.2, -0.15) is 0 Å². The van der Waals surface area contributed by atoms with E-state index in [1.807, 2.05) is 34.6 Å². The van der Waals surface area contributed by atoms with Crippen molar-refractivity contribution in [1.82, 2.24) is 5.32 Å². The van der Waals surface area contributed by atoms with Gasteiger partial charge in [-0.05, 0) is 6.42 Å². The quantitative estimate of drug-likeness (QED) is 0.694. The normalized spacial score (nSPS) is 10.1. The third-order valence-electron chi connectivity index (χ3n) is 1.75. The van der Waals surface area contributed by atoms with E-state index in [1.165, 1.54) is 12.8 Å². The van der Waals surface area contributed by atoms with Crippen LogP contribution in [0.4, 0.5) is 0 Å². The first kappa shape index (κ1) is 15.9. The molecule has 0 atom stereocenters. The molecular weight excluding hydrogens is 174 g/mol. The second-order valence-electron chi connectivity index (χ2n) is 4.21. The average molecular weight is 201 g/mol. The molecule has 2 heteroatoms. The first-order chi connectivity index (χ1) is 6.48. The van der Waals surface area contributed by atoms with Gasteiger partial charge in [-0.1, -0.05) is 54.4 Å². The van der Waals surface area contributed by atoms with Crippen molar-refractivity contribution in [2.45, 2.75) is 60.8 Å². The predicted molar refractivity (Wildman–Crippen MR) is 63.3 cm³/mol. The maximum Gasteiger partial charge on any atom is 0.225 e. The van der Waals surface area contributed by atoms with E-state index in [0.717, 1.165) is 13.0 Å².